The molecule has 2 amide bonds. The van der Waals surface area contributed by atoms with Gasteiger partial charge < -0.3 is 19.8 Å². The summed E-state index contributed by atoms with van der Waals surface area (Å²) in [4.78, 5) is 27.2. The molecular formula is C14H15N3O4. The number of aromatic nitrogens is 1. The fraction of sp³-hybridized carbons (Fsp3) is 0.214. The van der Waals surface area contributed by atoms with Gasteiger partial charge in [0.25, 0.3) is 5.91 Å². The van der Waals surface area contributed by atoms with Crippen LogP contribution in [0, 0.1) is 0 Å². The number of methoxy groups -OCH3 is 1. The molecule has 0 saturated carbocycles. The molecule has 0 unspecified atom stereocenters. The van der Waals surface area contributed by atoms with E-state index in [1.807, 2.05) is 0 Å². The van der Waals surface area contributed by atoms with E-state index in [0.717, 1.165) is 5.56 Å². The molecule has 2 rings (SSSR count). The van der Waals surface area contributed by atoms with Gasteiger partial charge in [-0.25, -0.2) is 4.98 Å². The molecule has 7 heteroatoms. The highest BCUT2D eigenvalue weighted by molar-refractivity contribution is 5.96. The van der Waals surface area contributed by atoms with Crippen molar-refractivity contribution in [3.8, 4) is 5.88 Å². The van der Waals surface area contributed by atoms with Gasteiger partial charge in [-0.15, -0.1) is 0 Å². The van der Waals surface area contributed by atoms with Gasteiger partial charge in [-0.3, -0.25) is 9.59 Å². The Labute approximate surface area is 121 Å². The average Bonchev–Trinajstić information content (AvgIpc) is 3.05. The number of furan rings is 1. The zero-order valence-electron chi connectivity index (χ0n) is 11.5. The van der Waals surface area contributed by atoms with Crippen molar-refractivity contribution in [2.24, 2.45) is 0 Å². The minimum atomic E-state index is -0.357. The Bertz CT molecular complexity index is 610. The number of nitrogens with zero attached hydrogens (tertiary/aromatic N) is 1. The Morgan fingerprint density at radius 2 is 2.19 bits per heavy atom. The first kappa shape index (κ1) is 14.6. The Morgan fingerprint density at radius 1 is 1.33 bits per heavy atom. The second-order valence-corrected chi connectivity index (χ2v) is 4.18. The Balaban J connectivity index is 1.75. The molecule has 0 radical (unpaired) electrons. The van der Waals surface area contributed by atoms with E-state index >= 15 is 0 Å². The van der Waals surface area contributed by atoms with E-state index in [0.29, 0.717) is 18.0 Å². The summed E-state index contributed by atoms with van der Waals surface area (Å²) in [6.45, 7) is 0.228. The van der Waals surface area contributed by atoms with E-state index in [4.69, 9.17) is 9.15 Å². The van der Waals surface area contributed by atoms with Crippen molar-refractivity contribution in [3.05, 3.63) is 48.0 Å². The van der Waals surface area contributed by atoms with Gasteiger partial charge in [0.1, 0.15) is 6.26 Å². The largest absolute Gasteiger partial charge is 0.481 e. The van der Waals surface area contributed by atoms with Crippen molar-refractivity contribution in [1.82, 2.24) is 15.6 Å². The number of rotatable bonds is 6. The average molecular weight is 289 g/mol. The molecule has 0 saturated heterocycles. The van der Waals surface area contributed by atoms with Crippen LogP contribution in [0.2, 0.25) is 0 Å². The number of ether oxygens (including phenoxy) is 1. The number of hydrogen-bond donors (Lipinski definition) is 2. The van der Waals surface area contributed by atoms with Crippen molar-refractivity contribution in [2.45, 2.75) is 6.54 Å². The van der Waals surface area contributed by atoms with Gasteiger partial charge in [-0.2, -0.15) is 0 Å². The molecule has 21 heavy (non-hydrogen) atoms. The molecule has 0 aromatic carbocycles. The summed E-state index contributed by atoms with van der Waals surface area (Å²) in [5, 5.41) is 5.19. The standard InChI is InChI=1S/C14H15N3O4/c1-20-13-6-10(2-4-15-13)7-16-12(18)8-17-14(19)11-3-5-21-9-11/h2-6,9H,7-8H2,1H3,(H,16,18)(H,17,19). The molecule has 7 nitrogen and oxygen atoms in total. The molecule has 110 valence electrons. The van der Waals surface area contributed by atoms with Gasteiger partial charge in [0.05, 0.1) is 25.5 Å². The molecule has 0 aliphatic heterocycles. The van der Waals surface area contributed by atoms with Crippen LogP contribution in [0.15, 0.2) is 41.3 Å². The number of nitrogens with one attached hydrogen (secondary N) is 2. The lowest BCUT2D eigenvalue weighted by Gasteiger charge is -2.07. The molecule has 0 aliphatic rings. The SMILES string of the molecule is COc1cc(CNC(=O)CNC(=O)c2ccoc2)ccn1. The van der Waals surface area contributed by atoms with Crippen LogP contribution in [0.1, 0.15) is 15.9 Å². The van der Waals surface area contributed by atoms with E-state index in [-0.39, 0.29) is 18.4 Å². The third-order valence-electron chi connectivity index (χ3n) is 2.69. The fourth-order valence-corrected chi connectivity index (χ4v) is 1.59. The number of hydrogen-bond acceptors (Lipinski definition) is 5. The summed E-state index contributed by atoms with van der Waals surface area (Å²) in [6, 6.07) is 5.02. The highest BCUT2D eigenvalue weighted by atomic mass is 16.5. The third-order valence-corrected chi connectivity index (χ3v) is 2.69. The number of carbonyl (C=O) groups is 2. The van der Waals surface area contributed by atoms with Crippen molar-refractivity contribution in [3.63, 3.8) is 0 Å². The Morgan fingerprint density at radius 3 is 2.90 bits per heavy atom. The highest BCUT2D eigenvalue weighted by Gasteiger charge is 2.08. The summed E-state index contributed by atoms with van der Waals surface area (Å²) < 4.78 is 9.78. The maximum atomic E-state index is 11.6. The van der Waals surface area contributed by atoms with Gasteiger partial charge >= 0.3 is 0 Å². The molecule has 2 heterocycles. The predicted octanol–water partition coefficient (Wildman–Crippen LogP) is 0.729. The zero-order valence-corrected chi connectivity index (χ0v) is 11.5. The van der Waals surface area contributed by atoms with Crippen LogP contribution in [0.4, 0.5) is 0 Å². The summed E-state index contributed by atoms with van der Waals surface area (Å²) >= 11 is 0. The molecule has 0 bridgehead atoms. The van der Waals surface area contributed by atoms with Gasteiger partial charge in [-0.05, 0) is 17.7 Å². The van der Waals surface area contributed by atoms with Gasteiger partial charge in [0.2, 0.25) is 11.8 Å². The topological polar surface area (TPSA) is 93.5 Å². The van der Waals surface area contributed by atoms with Crippen molar-refractivity contribution in [2.75, 3.05) is 13.7 Å². The number of carbonyl (C=O) groups excluding carboxylic acids is 2. The lowest BCUT2D eigenvalue weighted by Crippen LogP contribution is -2.36. The van der Waals surface area contributed by atoms with Crippen LogP contribution in [0.3, 0.4) is 0 Å². The summed E-state index contributed by atoms with van der Waals surface area (Å²) in [5.74, 6) is -0.165. The Hall–Kier alpha value is -2.83. The molecule has 2 aromatic heterocycles. The minimum Gasteiger partial charge on any atom is -0.481 e. The van der Waals surface area contributed by atoms with E-state index in [1.54, 1.807) is 18.3 Å². The lowest BCUT2D eigenvalue weighted by molar-refractivity contribution is -0.120. The molecule has 0 spiro atoms. The van der Waals surface area contributed by atoms with Crippen LogP contribution in [0.25, 0.3) is 0 Å². The first-order valence-electron chi connectivity index (χ1n) is 6.25. The zero-order chi connectivity index (χ0) is 15.1. The smallest absolute Gasteiger partial charge is 0.254 e. The molecule has 0 fully saturated rings. The van der Waals surface area contributed by atoms with E-state index in [2.05, 4.69) is 15.6 Å². The van der Waals surface area contributed by atoms with E-state index < -0.39 is 0 Å². The van der Waals surface area contributed by atoms with Gasteiger partial charge in [0, 0.05) is 18.8 Å². The molecule has 0 atom stereocenters. The normalized spacial score (nSPS) is 9.95. The van der Waals surface area contributed by atoms with E-state index in [9.17, 15) is 9.59 Å². The first-order valence-corrected chi connectivity index (χ1v) is 6.25. The molecular weight excluding hydrogens is 274 g/mol. The third kappa shape index (κ3) is 4.34. The molecule has 2 N–H and O–H groups in total. The van der Waals surface area contributed by atoms with Crippen molar-refractivity contribution >= 4 is 11.8 Å². The van der Waals surface area contributed by atoms with Crippen LogP contribution >= 0.6 is 0 Å². The first-order chi connectivity index (χ1) is 10.2. The second kappa shape index (κ2) is 7.09. The van der Waals surface area contributed by atoms with Gasteiger partial charge in [-0.1, -0.05) is 0 Å². The van der Waals surface area contributed by atoms with Crippen LogP contribution in [-0.4, -0.2) is 30.5 Å². The molecule has 2 aromatic rings. The predicted molar refractivity (Wildman–Crippen MR) is 73.7 cm³/mol. The van der Waals surface area contributed by atoms with Crippen LogP contribution < -0.4 is 15.4 Å². The number of pyridine rings is 1. The summed E-state index contributed by atoms with van der Waals surface area (Å²) in [5.41, 5.74) is 1.23. The van der Waals surface area contributed by atoms with E-state index in [1.165, 1.54) is 25.7 Å². The summed E-state index contributed by atoms with van der Waals surface area (Å²) in [6.07, 6.45) is 4.31. The monoisotopic (exact) mass is 289 g/mol. The van der Waals surface area contributed by atoms with Crippen molar-refractivity contribution in [1.29, 1.82) is 0 Å². The summed E-state index contributed by atoms with van der Waals surface area (Å²) in [7, 11) is 1.52. The maximum Gasteiger partial charge on any atom is 0.254 e. The highest BCUT2D eigenvalue weighted by Crippen LogP contribution is 2.07. The van der Waals surface area contributed by atoms with Crippen LogP contribution in [-0.2, 0) is 11.3 Å². The van der Waals surface area contributed by atoms with Crippen LogP contribution in [0.5, 0.6) is 5.88 Å². The van der Waals surface area contributed by atoms with Crippen molar-refractivity contribution < 1.29 is 18.7 Å². The molecule has 0 aliphatic carbocycles. The fourth-order valence-electron chi connectivity index (χ4n) is 1.59. The Kier molecular flexibility index (Phi) is 4.92. The number of amides is 2. The quantitative estimate of drug-likeness (QED) is 0.817. The second-order valence-electron chi connectivity index (χ2n) is 4.18. The minimum absolute atomic E-state index is 0.105. The maximum absolute atomic E-state index is 11.6. The lowest BCUT2D eigenvalue weighted by atomic mass is 10.2. The van der Waals surface area contributed by atoms with Gasteiger partial charge in [0.15, 0.2) is 0 Å².